The maximum atomic E-state index is 13.3. The van der Waals surface area contributed by atoms with Crippen LogP contribution in [0, 0.1) is 0 Å². The predicted molar refractivity (Wildman–Crippen MR) is 129 cm³/mol. The van der Waals surface area contributed by atoms with Crippen molar-refractivity contribution in [3.8, 4) is 0 Å². The lowest BCUT2D eigenvalue weighted by Crippen LogP contribution is -2.40. The molecule has 0 aliphatic heterocycles. The molecule has 10 heteroatoms. The van der Waals surface area contributed by atoms with Crippen LogP contribution in [-0.2, 0) is 27.9 Å². The maximum Gasteiger partial charge on any atom is 0.243 e. The molecule has 0 heterocycles. The van der Waals surface area contributed by atoms with Crippen LogP contribution in [0.4, 0.5) is 0 Å². The van der Waals surface area contributed by atoms with Gasteiger partial charge in [0, 0.05) is 23.1 Å². The predicted octanol–water partition coefficient (Wildman–Crippen LogP) is 5.81. The molecule has 3 rings (SSSR count). The average molecular weight is 532 g/mol. The molecular formula is C22H18Cl4N2O3S. The Hall–Kier alpha value is -1.80. The van der Waals surface area contributed by atoms with Crippen LogP contribution in [0.3, 0.4) is 0 Å². The third-order valence-corrected chi connectivity index (χ3v) is 7.57. The van der Waals surface area contributed by atoms with Crippen molar-refractivity contribution in [2.24, 2.45) is 0 Å². The molecule has 0 radical (unpaired) electrons. The van der Waals surface area contributed by atoms with E-state index < -0.39 is 22.5 Å². The number of carbonyl (C=O) groups excluding carboxylic acids is 1. The van der Waals surface area contributed by atoms with Gasteiger partial charge < -0.3 is 5.32 Å². The summed E-state index contributed by atoms with van der Waals surface area (Å²) >= 11 is 23.8. The minimum Gasteiger partial charge on any atom is -0.351 e. The van der Waals surface area contributed by atoms with Gasteiger partial charge in [0.15, 0.2) is 0 Å². The van der Waals surface area contributed by atoms with Crippen molar-refractivity contribution in [3.05, 3.63) is 97.9 Å². The fraction of sp³-hybridized carbons (Fsp3) is 0.136. The topological polar surface area (TPSA) is 66.5 Å². The van der Waals surface area contributed by atoms with E-state index in [1.54, 1.807) is 42.5 Å². The molecule has 3 aromatic carbocycles. The third-order valence-electron chi connectivity index (χ3n) is 4.52. The minimum absolute atomic E-state index is 0.0208. The van der Waals surface area contributed by atoms with Gasteiger partial charge in [0.2, 0.25) is 15.9 Å². The van der Waals surface area contributed by atoms with E-state index in [4.69, 9.17) is 46.4 Å². The lowest BCUT2D eigenvalue weighted by molar-refractivity contribution is -0.121. The van der Waals surface area contributed by atoms with Crippen molar-refractivity contribution >= 4 is 62.3 Å². The number of carbonyl (C=O) groups is 1. The summed E-state index contributed by atoms with van der Waals surface area (Å²) in [6.07, 6.45) is 0. The SMILES string of the molecule is O=C(CN(Cc1ccc(Cl)c(Cl)c1)S(=O)(=O)c1ccc(Cl)cc1)NCc1ccc(Cl)cc1. The van der Waals surface area contributed by atoms with Crippen LogP contribution in [-0.4, -0.2) is 25.2 Å². The number of sulfonamides is 1. The molecular weight excluding hydrogens is 514 g/mol. The van der Waals surface area contributed by atoms with Crippen molar-refractivity contribution in [3.63, 3.8) is 0 Å². The molecule has 0 aromatic heterocycles. The Balaban J connectivity index is 1.81. The fourth-order valence-corrected chi connectivity index (χ4v) is 4.80. The molecule has 5 nitrogen and oxygen atoms in total. The van der Waals surface area contributed by atoms with Crippen LogP contribution >= 0.6 is 46.4 Å². The second-order valence-corrected chi connectivity index (χ2v) is 10.5. The smallest absolute Gasteiger partial charge is 0.243 e. The third kappa shape index (κ3) is 6.61. The van der Waals surface area contributed by atoms with Crippen LogP contribution in [0.15, 0.2) is 71.6 Å². The Labute approximate surface area is 206 Å². The highest BCUT2D eigenvalue weighted by molar-refractivity contribution is 7.89. The highest BCUT2D eigenvalue weighted by atomic mass is 35.5. The van der Waals surface area contributed by atoms with E-state index in [9.17, 15) is 13.2 Å². The second kappa shape index (κ2) is 10.9. The van der Waals surface area contributed by atoms with Crippen molar-refractivity contribution < 1.29 is 13.2 Å². The first kappa shape index (κ1) is 24.8. The zero-order valence-corrected chi connectivity index (χ0v) is 20.4. The standard InChI is InChI=1S/C22H18Cl4N2O3S/c23-17-4-1-15(2-5-17)12-27-22(29)14-28(13-16-3-10-20(25)21(26)11-16)32(30,31)19-8-6-18(24)7-9-19/h1-11H,12-14H2,(H,27,29). The van der Waals surface area contributed by atoms with E-state index in [2.05, 4.69) is 5.32 Å². The van der Waals surface area contributed by atoms with Crippen LogP contribution < -0.4 is 5.32 Å². The fourth-order valence-electron chi connectivity index (χ4n) is 2.84. The molecule has 0 unspecified atom stereocenters. The molecule has 0 spiro atoms. The lowest BCUT2D eigenvalue weighted by atomic mass is 10.2. The normalized spacial score (nSPS) is 11.5. The Morgan fingerprint density at radius 1 is 0.781 bits per heavy atom. The average Bonchev–Trinajstić information content (AvgIpc) is 2.76. The van der Waals surface area contributed by atoms with Gasteiger partial charge in [-0.1, -0.05) is 64.6 Å². The van der Waals surface area contributed by atoms with Gasteiger partial charge in [-0.05, 0) is 59.7 Å². The Morgan fingerprint density at radius 2 is 1.34 bits per heavy atom. The summed E-state index contributed by atoms with van der Waals surface area (Å²) < 4.78 is 27.6. The summed E-state index contributed by atoms with van der Waals surface area (Å²) in [5.74, 6) is -0.461. The lowest BCUT2D eigenvalue weighted by Gasteiger charge is -2.22. The second-order valence-electron chi connectivity index (χ2n) is 6.88. The molecule has 3 aromatic rings. The van der Waals surface area contributed by atoms with Gasteiger partial charge in [0.25, 0.3) is 0 Å². The number of halogens is 4. The van der Waals surface area contributed by atoms with Gasteiger partial charge in [0.1, 0.15) is 0 Å². The van der Waals surface area contributed by atoms with Gasteiger partial charge in [-0.3, -0.25) is 4.79 Å². The van der Waals surface area contributed by atoms with E-state index in [0.29, 0.717) is 25.7 Å². The maximum absolute atomic E-state index is 13.3. The molecule has 0 saturated heterocycles. The number of hydrogen-bond donors (Lipinski definition) is 1. The number of benzene rings is 3. The molecule has 168 valence electrons. The van der Waals surface area contributed by atoms with Gasteiger partial charge in [0.05, 0.1) is 21.5 Å². The Kier molecular flexibility index (Phi) is 8.44. The first-order valence-electron chi connectivity index (χ1n) is 9.36. The summed E-state index contributed by atoms with van der Waals surface area (Å²) in [5.41, 5.74) is 1.42. The quantitative estimate of drug-likeness (QED) is 0.399. The van der Waals surface area contributed by atoms with Crippen molar-refractivity contribution in [2.75, 3.05) is 6.54 Å². The van der Waals surface area contributed by atoms with Gasteiger partial charge >= 0.3 is 0 Å². The molecule has 1 amide bonds. The minimum atomic E-state index is -4.00. The van der Waals surface area contributed by atoms with Crippen LogP contribution in [0.25, 0.3) is 0 Å². The molecule has 0 atom stereocenters. The van der Waals surface area contributed by atoms with Gasteiger partial charge in [-0.2, -0.15) is 4.31 Å². The molecule has 0 saturated carbocycles. The molecule has 0 bridgehead atoms. The first-order chi connectivity index (χ1) is 15.1. The molecule has 0 fully saturated rings. The summed E-state index contributed by atoms with van der Waals surface area (Å²) in [7, 11) is -4.00. The highest BCUT2D eigenvalue weighted by Gasteiger charge is 2.27. The van der Waals surface area contributed by atoms with E-state index in [-0.39, 0.29) is 18.0 Å². The summed E-state index contributed by atoms with van der Waals surface area (Å²) in [6.45, 7) is -0.230. The molecule has 0 aliphatic rings. The zero-order valence-electron chi connectivity index (χ0n) is 16.6. The van der Waals surface area contributed by atoms with Crippen molar-refractivity contribution in [2.45, 2.75) is 18.0 Å². The molecule has 32 heavy (non-hydrogen) atoms. The Morgan fingerprint density at radius 3 is 1.94 bits per heavy atom. The van der Waals surface area contributed by atoms with Gasteiger partial charge in [-0.15, -0.1) is 0 Å². The molecule has 1 N–H and O–H groups in total. The van der Waals surface area contributed by atoms with Crippen molar-refractivity contribution in [1.29, 1.82) is 0 Å². The monoisotopic (exact) mass is 530 g/mol. The first-order valence-corrected chi connectivity index (χ1v) is 12.3. The summed E-state index contributed by atoms with van der Waals surface area (Å²) in [6, 6.07) is 17.5. The Bertz CT molecular complexity index is 1200. The number of amides is 1. The number of hydrogen-bond acceptors (Lipinski definition) is 3. The number of nitrogens with zero attached hydrogens (tertiary/aromatic N) is 1. The summed E-state index contributed by atoms with van der Waals surface area (Å²) in [4.78, 5) is 12.6. The van der Waals surface area contributed by atoms with Crippen LogP contribution in [0.2, 0.25) is 20.1 Å². The van der Waals surface area contributed by atoms with E-state index in [0.717, 1.165) is 9.87 Å². The highest BCUT2D eigenvalue weighted by Crippen LogP contribution is 2.25. The van der Waals surface area contributed by atoms with E-state index >= 15 is 0 Å². The van der Waals surface area contributed by atoms with E-state index in [1.807, 2.05) is 0 Å². The number of nitrogens with one attached hydrogen (secondary N) is 1. The summed E-state index contributed by atoms with van der Waals surface area (Å²) in [5, 5.41) is 4.36. The van der Waals surface area contributed by atoms with Crippen molar-refractivity contribution in [1.82, 2.24) is 9.62 Å². The molecule has 0 aliphatic carbocycles. The van der Waals surface area contributed by atoms with Crippen LogP contribution in [0.5, 0.6) is 0 Å². The zero-order chi connectivity index (χ0) is 23.3. The largest absolute Gasteiger partial charge is 0.351 e. The van der Waals surface area contributed by atoms with Crippen LogP contribution in [0.1, 0.15) is 11.1 Å². The van der Waals surface area contributed by atoms with E-state index in [1.165, 1.54) is 24.3 Å². The van der Waals surface area contributed by atoms with Gasteiger partial charge in [-0.25, -0.2) is 8.42 Å². The number of rotatable bonds is 8.